The Kier molecular flexibility index (Phi) is 7.99. The van der Waals surface area contributed by atoms with Crippen molar-refractivity contribution in [3.05, 3.63) is 11.9 Å². The van der Waals surface area contributed by atoms with E-state index in [0.717, 1.165) is 25.1 Å². The van der Waals surface area contributed by atoms with E-state index >= 15 is 0 Å². The van der Waals surface area contributed by atoms with E-state index in [4.69, 9.17) is 4.74 Å². The van der Waals surface area contributed by atoms with Crippen LogP contribution in [0.5, 0.6) is 0 Å². The van der Waals surface area contributed by atoms with Crippen molar-refractivity contribution in [1.82, 2.24) is 20.3 Å². The van der Waals surface area contributed by atoms with Gasteiger partial charge in [-0.1, -0.05) is 39.8 Å². The second-order valence-electron chi connectivity index (χ2n) is 10.6. The van der Waals surface area contributed by atoms with Gasteiger partial charge in [0.15, 0.2) is 0 Å². The Bertz CT molecular complexity index is 645. The van der Waals surface area contributed by atoms with Gasteiger partial charge in [0.25, 0.3) is 0 Å². The highest BCUT2D eigenvalue weighted by atomic mass is 16.5. The van der Waals surface area contributed by atoms with Gasteiger partial charge in [-0.15, -0.1) is 5.10 Å². The Morgan fingerprint density at radius 3 is 2.29 bits per heavy atom. The highest BCUT2D eigenvalue weighted by Gasteiger charge is 2.35. The first-order chi connectivity index (χ1) is 12.6. The van der Waals surface area contributed by atoms with Crippen LogP contribution < -0.4 is 5.32 Å². The van der Waals surface area contributed by atoms with Gasteiger partial charge in [-0.25, -0.2) is 4.68 Å². The van der Waals surface area contributed by atoms with Crippen molar-refractivity contribution in [2.24, 2.45) is 5.41 Å². The SMILES string of the molecule is CCNC(C)(C)CCOC(C)(C)Cn1cc(C(C)(C)CC(C)(C)C(C)=O)nn1. The third kappa shape index (κ3) is 7.63. The quantitative estimate of drug-likeness (QED) is 0.577. The van der Waals surface area contributed by atoms with Crippen LogP contribution in [0.25, 0.3) is 0 Å². The van der Waals surface area contributed by atoms with Crippen LogP contribution in [0.4, 0.5) is 0 Å². The highest BCUT2D eigenvalue weighted by Crippen LogP contribution is 2.36. The summed E-state index contributed by atoms with van der Waals surface area (Å²) in [6, 6.07) is 0. The predicted octanol–water partition coefficient (Wildman–Crippen LogP) is 4.13. The van der Waals surface area contributed by atoms with E-state index in [2.05, 4.69) is 64.1 Å². The highest BCUT2D eigenvalue weighted by molar-refractivity contribution is 5.81. The van der Waals surface area contributed by atoms with Crippen LogP contribution >= 0.6 is 0 Å². The molecule has 1 N–H and O–H groups in total. The first-order valence-electron chi connectivity index (χ1n) is 10.4. The molecule has 162 valence electrons. The van der Waals surface area contributed by atoms with Gasteiger partial charge < -0.3 is 10.1 Å². The van der Waals surface area contributed by atoms with Crippen LogP contribution in [0, 0.1) is 5.41 Å². The summed E-state index contributed by atoms with van der Waals surface area (Å²) in [7, 11) is 0. The molecule has 0 amide bonds. The van der Waals surface area contributed by atoms with Gasteiger partial charge in [0.05, 0.1) is 17.8 Å². The zero-order valence-electron chi connectivity index (χ0n) is 19.8. The van der Waals surface area contributed by atoms with Crippen LogP contribution in [0.3, 0.4) is 0 Å². The standard InChI is InChI=1S/C22H42N4O2/c1-11-23-21(7,8)12-13-28-22(9,10)16-26-14-18(24-25-26)20(5,6)15-19(3,4)17(2)27/h14,23H,11-13,15-16H2,1-10H3. The molecule has 1 rings (SSSR count). The molecule has 6 heteroatoms. The zero-order chi connectivity index (χ0) is 21.8. The van der Waals surface area contributed by atoms with Gasteiger partial charge in [0, 0.05) is 29.2 Å². The maximum Gasteiger partial charge on any atom is 0.135 e. The average Bonchev–Trinajstić information content (AvgIpc) is 2.93. The van der Waals surface area contributed by atoms with Gasteiger partial charge in [0.1, 0.15) is 5.78 Å². The summed E-state index contributed by atoms with van der Waals surface area (Å²) in [5, 5.41) is 12.2. The molecule has 0 atom stereocenters. The molecule has 6 nitrogen and oxygen atoms in total. The van der Waals surface area contributed by atoms with Crippen molar-refractivity contribution < 1.29 is 9.53 Å². The van der Waals surface area contributed by atoms with E-state index in [1.54, 1.807) is 6.92 Å². The number of nitrogens with zero attached hydrogens (tertiary/aromatic N) is 3. The number of rotatable bonds is 12. The molecule has 0 aliphatic carbocycles. The molecule has 0 spiro atoms. The summed E-state index contributed by atoms with van der Waals surface area (Å²) in [4.78, 5) is 11.9. The normalized spacial score (nSPS) is 13.8. The Labute approximate surface area is 171 Å². The predicted molar refractivity (Wildman–Crippen MR) is 115 cm³/mol. The van der Waals surface area contributed by atoms with E-state index in [-0.39, 0.29) is 27.8 Å². The lowest BCUT2D eigenvalue weighted by molar-refractivity contribution is -0.125. The third-order valence-corrected chi connectivity index (χ3v) is 5.49. The molecule has 0 unspecified atom stereocenters. The molecule has 0 aliphatic rings. The summed E-state index contributed by atoms with van der Waals surface area (Å²) >= 11 is 0. The second-order valence-corrected chi connectivity index (χ2v) is 10.6. The first-order valence-corrected chi connectivity index (χ1v) is 10.4. The van der Waals surface area contributed by atoms with E-state index in [9.17, 15) is 4.79 Å². The molecule has 0 saturated heterocycles. The molecular formula is C22H42N4O2. The van der Waals surface area contributed by atoms with Crippen LogP contribution in [-0.4, -0.2) is 45.1 Å². The monoisotopic (exact) mass is 394 g/mol. The molecule has 0 radical (unpaired) electrons. The van der Waals surface area contributed by atoms with Gasteiger partial charge in [0.2, 0.25) is 0 Å². The largest absolute Gasteiger partial charge is 0.374 e. The van der Waals surface area contributed by atoms with Crippen LogP contribution in [-0.2, 0) is 21.5 Å². The van der Waals surface area contributed by atoms with Gasteiger partial charge in [-0.2, -0.15) is 0 Å². The van der Waals surface area contributed by atoms with Crippen molar-refractivity contribution in [3.8, 4) is 0 Å². The number of ether oxygens (including phenoxy) is 1. The van der Waals surface area contributed by atoms with Crippen LogP contribution in [0.15, 0.2) is 6.20 Å². The zero-order valence-corrected chi connectivity index (χ0v) is 19.8. The Morgan fingerprint density at radius 1 is 1.14 bits per heavy atom. The summed E-state index contributed by atoms with van der Waals surface area (Å²) in [6.45, 7) is 22.8. The third-order valence-electron chi connectivity index (χ3n) is 5.49. The molecule has 0 bridgehead atoms. The first kappa shape index (κ1) is 24.8. The van der Waals surface area contributed by atoms with E-state index in [1.165, 1.54) is 0 Å². The lowest BCUT2D eigenvalue weighted by atomic mass is 9.72. The number of nitrogens with one attached hydrogen (secondary N) is 1. The Hall–Kier alpha value is -1.27. The topological polar surface area (TPSA) is 69.0 Å². The minimum Gasteiger partial charge on any atom is -0.374 e. The van der Waals surface area contributed by atoms with Crippen molar-refractivity contribution in [3.63, 3.8) is 0 Å². The molecule has 1 aromatic rings. The second kappa shape index (κ2) is 9.04. The molecule has 0 aromatic carbocycles. The van der Waals surface area contributed by atoms with Crippen LogP contribution in [0.1, 0.15) is 87.8 Å². The fraction of sp³-hybridized carbons (Fsp3) is 0.864. The molecule has 28 heavy (non-hydrogen) atoms. The maximum atomic E-state index is 11.9. The Morgan fingerprint density at radius 2 is 1.75 bits per heavy atom. The molecule has 0 saturated carbocycles. The van der Waals surface area contributed by atoms with Crippen molar-refractivity contribution in [1.29, 1.82) is 0 Å². The molecule has 0 fully saturated rings. The number of aromatic nitrogens is 3. The lowest BCUT2D eigenvalue weighted by Crippen LogP contribution is -2.41. The summed E-state index contributed by atoms with van der Waals surface area (Å²) in [5.74, 6) is 0.197. The van der Waals surface area contributed by atoms with Crippen LogP contribution in [0.2, 0.25) is 0 Å². The number of hydrogen-bond donors (Lipinski definition) is 1. The molecule has 1 aromatic heterocycles. The van der Waals surface area contributed by atoms with Gasteiger partial charge in [-0.05, 0) is 54.0 Å². The average molecular weight is 395 g/mol. The fourth-order valence-electron chi connectivity index (χ4n) is 3.59. The maximum absolute atomic E-state index is 11.9. The smallest absolute Gasteiger partial charge is 0.135 e. The van der Waals surface area contributed by atoms with E-state index < -0.39 is 0 Å². The van der Waals surface area contributed by atoms with Gasteiger partial charge in [-0.3, -0.25) is 4.79 Å². The number of hydrogen-bond acceptors (Lipinski definition) is 5. The van der Waals surface area contributed by atoms with Crippen molar-refractivity contribution in [2.75, 3.05) is 13.2 Å². The van der Waals surface area contributed by atoms with E-state index in [0.29, 0.717) is 13.2 Å². The van der Waals surface area contributed by atoms with E-state index in [1.807, 2.05) is 24.7 Å². The molecule has 0 aliphatic heterocycles. The minimum atomic E-state index is -0.380. The Balaban J connectivity index is 2.71. The number of ketones is 1. The molecule has 1 heterocycles. The lowest BCUT2D eigenvalue weighted by Gasteiger charge is -2.31. The summed E-state index contributed by atoms with van der Waals surface area (Å²) < 4.78 is 8.00. The van der Waals surface area contributed by atoms with Crippen molar-refractivity contribution >= 4 is 5.78 Å². The van der Waals surface area contributed by atoms with Crippen molar-refractivity contribution in [2.45, 2.75) is 105 Å². The fourth-order valence-corrected chi connectivity index (χ4v) is 3.59. The molecular weight excluding hydrogens is 352 g/mol. The van der Waals surface area contributed by atoms with Gasteiger partial charge >= 0.3 is 0 Å². The summed E-state index contributed by atoms with van der Waals surface area (Å²) in [6.07, 6.45) is 3.66. The summed E-state index contributed by atoms with van der Waals surface area (Å²) in [5.41, 5.74) is 0.0314. The minimum absolute atomic E-state index is 0.0682. The number of carbonyl (C=O) groups is 1. The number of carbonyl (C=O) groups excluding carboxylic acids is 1. The number of Topliss-reactive ketones (excluding diaryl/α,β-unsaturated/α-hetero) is 1.